The van der Waals surface area contributed by atoms with E-state index in [9.17, 15) is 10.1 Å². The summed E-state index contributed by atoms with van der Waals surface area (Å²) in [6.45, 7) is 2.63. The second kappa shape index (κ2) is 11.9. The third kappa shape index (κ3) is 6.71. The highest BCUT2D eigenvalue weighted by molar-refractivity contribution is 7.19. The first-order chi connectivity index (χ1) is 17.1. The quantitative estimate of drug-likeness (QED) is 0.256. The topological polar surface area (TPSA) is 110 Å². The molecule has 2 aromatic carbocycles. The minimum absolute atomic E-state index is 0.0247. The Kier molecular flexibility index (Phi) is 8.14. The van der Waals surface area contributed by atoms with E-state index in [0.717, 1.165) is 36.8 Å². The van der Waals surface area contributed by atoms with Crippen molar-refractivity contribution in [2.45, 2.75) is 12.8 Å². The smallest absolute Gasteiger partial charge is 0.268 e. The highest BCUT2D eigenvalue weighted by Crippen LogP contribution is 2.27. The van der Waals surface area contributed by atoms with E-state index in [1.807, 2.05) is 30.3 Å². The molecule has 0 aliphatic carbocycles. The van der Waals surface area contributed by atoms with Crippen molar-refractivity contribution in [2.24, 2.45) is 0 Å². The zero-order chi connectivity index (χ0) is 24.5. The third-order valence-electron chi connectivity index (χ3n) is 5.23. The fraction of sp³-hybridized carbons (Fsp3) is 0.280. The summed E-state index contributed by atoms with van der Waals surface area (Å²) in [6, 6.07) is 16.4. The summed E-state index contributed by atoms with van der Waals surface area (Å²) in [5, 5.41) is 21.5. The number of hydrogen-bond acceptors (Lipinski definition) is 9. The van der Waals surface area contributed by atoms with Crippen LogP contribution in [0.5, 0.6) is 17.2 Å². The fourth-order valence-electron chi connectivity index (χ4n) is 3.45. The molecule has 2 heterocycles. The van der Waals surface area contributed by atoms with Crippen LogP contribution in [0.4, 0.5) is 10.3 Å². The van der Waals surface area contributed by atoms with E-state index in [4.69, 9.17) is 14.2 Å². The molecule has 1 aliphatic rings. The van der Waals surface area contributed by atoms with Crippen molar-refractivity contribution in [3.05, 3.63) is 59.7 Å². The van der Waals surface area contributed by atoms with Gasteiger partial charge in [0.2, 0.25) is 10.3 Å². The van der Waals surface area contributed by atoms with E-state index < -0.39 is 5.91 Å². The van der Waals surface area contributed by atoms with Crippen molar-refractivity contribution in [1.29, 1.82) is 5.26 Å². The standard InChI is InChI=1S/C25H25N5O4S/c1-32-21-5-4-6-22(16-21)34-14-13-33-20-9-7-18(8-10-20)15-19(17-26)23(31)27-24-28-29-25(35-24)30-11-2-3-12-30/h4-10,15-16H,2-3,11-14H2,1H3,(H,27,28,31). The number of carbonyl (C=O) groups excluding carboxylic acids is 1. The zero-order valence-corrected chi connectivity index (χ0v) is 20.1. The number of methoxy groups -OCH3 is 1. The van der Waals surface area contributed by atoms with Gasteiger partial charge in [0.15, 0.2) is 0 Å². The monoisotopic (exact) mass is 491 g/mol. The molecule has 0 saturated carbocycles. The molecule has 180 valence electrons. The van der Waals surface area contributed by atoms with Gasteiger partial charge in [0.1, 0.15) is 42.1 Å². The summed E-state index contributed by atoms with van der Waals surface area (Å²) in [6.07, 6.45) is 3.78. The van der Waals surface area contributed by atoms with Crippen LogP contribution in [0.1, 0.15) is 18.4 Å². The van der Waals surface area contributed by atoms with Crippen molar-refractivity contribution in [2.75, 3.05) is 43.6 Å². The number of carbonyl (C=O) groups is 1. The van der Waals surface area contributed by atoms with Gasteiger partial charge in [-0.3, -0.25) is 10.1 Å². The minimum Gasteiger partial charge on any atom is -0.497 e. The molecule has 35 heavy (non-hydrogen) atoms. The Morgan fingerprint density at radius 2 is 1.80 bits per heavy atom. The van der Waals surface area contributed by atoms with Crippen LogP contribution in [-0.2, 0) is 4.79 Å². The van der Waals surface area contributed by atoms with E-state index in [2.05, 4.69) is 20.4 Å². The van der Waals surface area contributed by atoms with Gasteiger partial charge in [0.25, 0.3) is 5.91 Å². The van der Waals surface area contributed by atoms with Crippen molar-refractivity contribution in [3.63, 3.8) is 0 Å². The van der Waals surface area contributed by atoms with Crippen LogP contribution < -0.4 is 24.4 Å². The number of nitriles is 1. The number of anilines is 2. The second-order valence-corrected chi connectivity index (χ2v) is 8.61. The van der Waals surface area contributed by atoms with Crippen LogP contribution in [0, 0.1) is 11.3 Å². The summed E-state index contributed by atoms with van der Waals surface area (Å²) in [5.41, 5.74) is 0.676. The number of benzene rings is 2. The van der Waals surface area contributed by atoms with Gasteiger partial charge in [-0.1, -0.05) is 29.5 Å². The second-order valence-electron chi connectivity index (χ2n) is 7.65. The molecular weight excluding hydrogens is 466 g/mol. The van der Waals surface area contributed by atoms with Crippen LogP contribution >= 0.6 is 11.3 Å². The lowest BCUT2D eigenvalue weighted by atomic mass is 10.1. The maximum atomic E-state index is 12.6. The number of nitrogens with zero attached hydrogens (tertiary/aromatic N) is 4. The Morgan fingerprint density at radius 3 is 2.51 bits per heavy atom. The van der Waals surface area contributed by atoms with E-state index >= 15 is 0 Å². The predicted octanol–water partition coefficient (Wildman–Crippen LogP) is 4.15. The van der Waals surface area contributed by atoms with E-state index in [1.165, 1.54) is 17.4 Å². The van der Waals surface area contributed by atoms with Crippen molar-refractivity contribution in [1.82, 2.24) is 10.2 Å². The summed E-state index contributed by atoms with van der Waals surface area (Å²) >= 11 is 1.31. The van der Waals surface area contributed by atoms with Crippen molar-refractivity contribution in [3.8, 4) is 23.3 Å². The number of amides is 1. The number of hydrogen-bond donors (Lipinski definition) is 1. The van der Waals surface area contributed by atoms with Gasteiger partial charge in [0.05, 0.1) is 7.11 Å². The van der Waals surface area contributed by atoms with Gasteiger partial charge in [0, 0.05) is 19.2 Å². The van der Waals surface area contributed by atoms with Crippen LogP contribution in [0.2, 0.25) is 0 Å². The molecule has 0 spiro atoms. The highest BCUT2D eigenvalue weighted by Gasteiger charge is 2.18. The van der Waals surface area contributed by atoms with Crippen LogP contribution in [0.3, 0.4) is 0 Å². The van der Waals surface area contributed by atoms with Crippen LogP contribution in [-0.4, -0.2) is 49.5 Å². The number of ether oxygens (including phenoxy) is 3. The van der Waals surface area contributed by atoms with Gasteiger partial charge in [-0.05, 0) is 48.7 Å². The molecule has 9 nitrogen and oxygen atoms in total. The fourth-order valence-corrected chi connectivity index (χ4v) is 4.24. The first-order valence-electron chi connectivity index (χ1n) is 11.2. The van der Waals surface area contributed by atoms with Crippen molar-refractivity contribution < 1.29 is 19.0 Å². The van der Waals surface area contributed by atoms with E-state index in [-0.39, 0.29) is 5.57 Å². The third-order valence-corrected chi connectivity index (χ3v) is 6.13. The highest BCUT2D eigenvalue weighted by atomic mass is 32.1. The molecule has 1 fully saturated rings. The van der Waals surface area contributed by atoms with E-state index in [1.54, 1.807) is 31.4 Å². The molecule has 3 aromatic rings. The average Bonchev–Trinajstić information content (AvgIpc) is 3.58. The Balaban J connectivity index is 1.27. The van der Waals surface area contributed by atoms with Gasteiger partial charge < -0.3 is 19.1 Å². The lowest BCUT2D eigenvalue weighted by molar-refractivity contribution is -0.112. The van der Waals surface area contributed by atoms with Gasteiger partial charge in [-0.25, -0.2) is 0 Å². The zero-order valence-electron chi connectivity index (χ0n) is 19.3. The molecule has 0 atom stereocenters. The Labute approximate surface area is 207 Å². The molecule has 1 saturated heterocycles. The van der Waals surface area contributed by atoms with Gasteiger partial charge in [-0.2, -0.15) is 5.26 Å². The molecule has 0 unspecified atom stereocenters. The first kappa shape index (κ1) is 24.0. The van der Waals surface area contributed by atoms with Gasteiger partial charge in [-0.15, -0.1) is 10.2 Å². The maximum Gasteiger partial charge on any atom is 0.268 e. The molecule has 0 bridgehead atoms. The van der Waals surface area contributed by atoms with E-state index in [0.29, 0.717) is 35.4 Å². The van der Waals surface area contributed by atoms with Crippen LogP contribution in [0.15, 0.2) is 54.1 Å². The predicted molar refractivity (Wildman–Crippen MR) is 134 cm³/mol. The summed E-state index contributed by atoms with van der Waals surface area (Å²) in [4.78, 5) is 14.7. The molecule has 0 radical (unpaired) electrons. The average molecular weight is 492 g/mol. The largest absolute Gasteiger partial charge is 0.497 e. The Hall–Kier alpha value is -4.10. The number of rotatable bonds is 10. The summed E-state index contributed by atoms with van der Waals surface area (Å²) in [7, 11) is 1.61. The Bertz CT molecular complexity index is 1210. The summed E-state index contributed by atoms with van der Waals surface area (Å²) < 4.78 is 16.5. The molecule has 4 rings (SSSR count). The summed E-state index contributed by atoms with van der Waals surface area (Å²) in [5.74, 6) is 1.57. The Morgan fingerprint density at radius 1 is 1.09 bits per heavy atom. The number of aromatic nitrogens is 2. The number of nitrogens with one attached hydrogen (secondary N) is 1. The van der Waals surface area contributed by atoms with Gasteiger partial charge >= 0.3 is 0 Å². The minimum atomic E-state index is -0.522. The lowest BCUT2D eigenvalue weighted by Crippen LogP contribution is -2.17. The molecule has 1 aliphatic heterocycles. The molecule has 1 N–H and O–H groups in total. The SMILES string of the molecule is COc1cccc(OCCOc2ccc(C=C(C#N)C(=O)Nc3nnc(N4CCCC4)s3)cc2)c1. The van der Waals surface area contributed by atoms with Crippen LogP contribution in [0.25, 0.3) is 6.08 Å². The molecule has 1 aromatic heterocycles. The normalized spacial score (nSPS) is 13.3. The molecular formula is C25H25N5O4S. The molecule has 1 amide bonds. The molecule has 10 heteroatoms. The maximum absolute atomic E-state index is 12.6. The van der Waals surface area contributed by atoms with Crippen molar-refractivity contribution >= 4 is 33.6 Å². The lowest BCUT2D eigenvalue weighted by Gasteiger charge is -2.10. The first-order valence-corrected chi connectivity index (χ1v) is 12.0.